The highest BCUT2D eigenvalue weighted by Gasteiger charge is 2.26. The lowest BCUT2D eigenvalue weighted by Crippen LogP contribution is -2.49. The molecule has 0 bridgehead atoms. The molecule has 6 heteroatoms. The smallest absolute Gasteiger partial charge is 0.276 e. The number of rotatable bonds is 7. The molecule has 1 heterocycles. The minimum atomic E-state index is -0.374. The van der Waals surface area contributed by atoms with Gasteiger partial charge < -0.3 is 4.74 Å². The first-order valence-electron chi connectivity index (χ1n) is 10.2. The van der Waals surface area contributed by atoms with Gasteiger partial charge in [-0.2, -0.15) is 0 Å². The van der Waals surface area contributed by atoms with Gasteiger partial charge in [0.25, 0.3) is 5.91 Å². The summed E-state index contributed by atoms with van der Waals surface area (Å²) in [6.07, 6.45) is 2.62. The van der Waals surface area contributed by atoms with Crippen LogP contribution in [0.4, 0.5) is 0 Å². The van der Waals surface area contributed by atoms with Crippen molar-refractivity contribution in [2.24, 2.45) is 5.92 Å². The molecule has 2 aromatic rings. The molecule has 1 aliphatic heterocycles. The fourth-order valence-electron chi connectivity index (χ4n) is 3.60. The molecular weight excluding hydrogens is 366 g/mol. The van der Waals surface area contributed by atoms with Gasteiger partial charge in [0.15, 0.2) is 6.61 Å². The van der Waals surface area contributed by atoms with Crippen LogP contribution in [0.15, 0.2) is 54.6 Å². The Labute approximate surface area is 172 Å². The molecule has 1 aliphatic rings. The van der Waals surface area contributed by atoms with Gasteiger partial charge in [0, 0.05) is 13.1 Å². The van der Waals surface area contributed by atoms with E-state index in [-0.39, 0.29) is 24.3 Å². The van der Waals surface area contributed by atoms with Gasteiger partial charge in [0.05, 0.1) is 5.92 Å². The summed E-state index contributed by atoms with van der Waals surface area (Å²) >= 11 is 0. The van der Waals surface area contributed by atoms with E-state index in [4.69, 9.17) is 4.74 Å². The maximum absolute atomic E-state index is 12.5. The molecule has 1 unspecified atom stereocenters. The summed E-state index contributed by atoms with van der Waals surface area (Å²) in [5.74, 6) is 0.0427. The van der Waals surface area contributed by atoms with Crippen LogP contribution in [0.25, 0.3) is 0 Å². The standard InChI is InChI=1S/C23H29N3O3/c1-2-19-11-6-7-13-21(19)29-17-22(27)24-25-23(28)20-12-8-14-26(16-20)15-18-9-4-3-5-10-18/h3-7,9-11,13,20H,2,8,12,14-17H2,1H3,(H,24,27)(H,25,28). The van der Waals surface area contributed by atoms with Crippen molar-refractivity contribution >= 4 is 11.8 Å². The van der Waals surface area contributed by atoms with Crippen LogP contribution in [0.5, 0.6) is 5.75 Å². The highest BCUT2D eigenvalue weighted by atomic mass is 16.5. The summed E-state index contributed by atoms with van der Waals surface area (Å²) in [6, 6.07) is 17.9. The number of piperidine rings is 1. The number of benzene rings is 2. The SMILES string of the molecule is CCc1ccccc1OCC(=O)NNC(=O)C1CCCN(Cc2ccccc2)C1. The Kier molecular flexibility index (Phi) is 7.64. The van der Waals surface area contributed by atoms with E-state index in [1.807, 2.05) is 49.4 Å². The van der Waals surface area contributed by atoms with E-state index in [0.29, 0.717) is 12.3 Å². The van der Waals surface area contributed by atoms with Crippen LogP contribution in [-0.2, 0) is 22.6 Å². The second kappa shape index (κ2) is 10.6. The molecule has 1 fully saturated rings. The summed E-state index contributed by atoms with van der Waals surface area (Å²) in [6.45, 7) is 4.41. The minimum absolute atomic E-state index is 0.130. The van der Waals surface area contributed by atoms with Crippen molar-refractivity contribution in [2.75, 3.05) is 19.7 Å². The maximum atomic E-state index is 12.5. The summed E-state index contributed by atoms with van der Waals surface area (Å²) in [5, 5.41) is 0. The molecule has 29 heavy (non-hydrogen) atoms. The van der Waals surface area contributed by atoms with Gasteiger partial charge in [-0.25, -0.2) is 0 Å². The molecule has 2 aromatic carbocycles. The summed E-state index contributed by atoms with van der Waals surface area (Å²) in [5.41, 5.74) is 7.31. The van der Waals surface area contributed by atoms with E-state index in [9.17, 15) is 9.59 Å². The summed E-state index contributed by atoms with van der Waals surface area (Å²) in [4.78, 5) is 26.8. The second-order valence-corrected chi connectivity index (χ2v) is 7.35. The van der Waals surface area contributed by atoms with Gasteiger partial charge in [0.2, 0.25) is 5.91 Å². The molecule has 154 valence electrons. The van der Waals surface area contributed by atoms with E-state index in [2.05, 4.69) is 27.9 Å². The van der Waals surface area contributed by atoms with Crippen molar-refractivity contribution in [3.63, 3.8) is 0 Å². The van der Waals surface area contributed by atoms with Crippen LogP contribution < -0.4 is 15.6 Å². The predicted molar refractivity (Wildman–Crippen MR) is 112 cm³/mol. The molecule has 3 rings (SSSR count). The third kappa shape index (κ3) is 6.32. The Morgan fingerprint density at radius 2 is 1.83 bits per heavy atom. The fourth-order valence-corrected chi connectivity index (χ4v) is 3.60. The van der Waals surface area contributed by atoms with E-state index < -0.39 is 0 Å². The van der Waals surface area contributed by atoms with Crippen LogP contribution in [-0.4, -0.2) is 36.4 Å². The van der Waals surface area contributed by atoms with Crippen LogP contribution in [0.1, 0.15) is 30.9 Å². The molecule has 0 aromatic heterocycles. The third-order valence-electron chi connectivity index (χ3n) is 5.16. The average molecular weight is 396 g/mol. The highest BCUT2D eigenvalue weighted by molar-refractivity contribution is 5.84. The van der Waals surface area contributed by atoms with Crippen molar-refractivity contribution < 1.29 is 14.3 Å². The monoisotopic (exact) mass is 395 g/mol. The number of carbonyl (C=O) groups excluding carboxylic acids is 2. The number of para-hydroxylation sites is 1. The minimum Gasteiger partial charge on any atom is -0.483 e. The van der Waals surface area contributed by atoms with Crippen LogP contribution in [0, 0.1) is 5.92 Å². The first kappa shape index (κ1) is 20.9. The molecule has 0 spiro atoms. The Morgan fingerprint density at radius 3 is 2.62 bits per heavy atom. The number of amides is 2. The Morgan fingerprint density at radius 1 is 1.07 bits per heavy atom. The normalized spacial score (nSPS) is 16.8. The predicted octanol–water partition coefficient (Wildman–Crippen LogP) is 2.69. The number of likely N-dealkylation sites (tertiary alicyclic amines) is 1. The van der Waals surface area contributed by atoms with Gasteiger partial charge in [-0.05, 0) is 43.0 Å². The van der Waals surface area contributed by atoms with Gasteiger partial charge in [-0.15, -0.1) is 0 Å². The largest absolute Gasteiger partial charge is 0.483 e. The van der Waals surface area contributed by atoms with Crippen molar-refractivity contribution in [2.45, 2.75) is 32.7 Å². The third-order valence-corrected chi connectivity index (χ3v) is 5.16. The first-order chi connectivity index (χ1) is 14.2. The molecule has 1 saturated heterocycles. The number of ether oxygens (including phenoxy) is 1. The zero-order valence-corrected chi connectivity index (χ0v) is 16.9. The van der Waals surface area contributed by atoms with Gasteiger partial charge in [-0.3, -0.25) is 25.3 Å². The van der Waals surface area contributed by atoms with Gasteiger partial charge >= 0.3 is 0 Å². The number of aryl methyl sites for hydroxylation is 1. The number of nitrogens with one attached hydrogen (secondary N) is 2. The van der Waals surface area contributed by atoms with E-state index in [0.717, 1.165) is 37.9 Å². The first-order valence-corrected chi connectivity index (χ1v) is 10.2. The zero-order chi connectivity index (χ0) is 20.5. The van der Waals surface area contributed by atoms with Crippen molar-refractivity contribution in [3.8, 4) is 5.75 Å². The second-order valence-electron chi connectivity index (χ2n) is 7.35. The van der Waals surface area contributed by atoms with E-state index in [1.54, 1.807) is 0 Å². The Bertz CT molecular complexity index is 810. The average Bonchev–Trinajstić information content (AvgIpc) is 2.77. The van der Waals surface area contributed by atoms with Crippen molar-refractivity contribution in [1.29, 1.82) is 0 Å². The van der Waals surface area contributed by atoms with Crippen LogP contribution in [0.3, 0.4) is 0 Å². The number of carbonyl (C=O) groups is 2. The lowest BCUT2D eigenvalue weighted by Gasteiger charge is -2.32. The summed E-state index contributed by atoms with van der Waals surface area (Å²) < 4.78 is 5.58. The zero-order valence-electron chi connectivity index (χ0n) is 16.9. The Balaban J connectivity index is 1.42. The number of hydrogen-bond acceptors (Lipinski definition) is 4. The highest BCUT2D eigenvalue weighted by Crippen LogP contribution is 2.19. The van der Waals surface area contributed by atoms with E-state index in [1.165, 1.54) is 5.56 Å². The molecule has 2 N–H and O–H groups in total. The molecule has 6 nitrogen and oxygen atoms in total. The number of hydrogen-bond donors (Lipinski definition) is 2. The van der Waals surface area contributed by atoms with Gasteiger partial charge in [-0.1, -0.05) is 55.5 Å². The molecule has 2 amide bonds. The molecule has 0 aliphatic carbocycles. The molecule has 0 saturated carbocycles. The molecular formula is C23H29N3O3. The van der Waals surface area contributed by atoms with Gasteiger partial charge in [0.1, 0.15) is 5.75 Å². The number of nitrogens with zero attached hydrogens (tertiary/aromatic N) is 1. The van der Waals surface area contributed by atoms with Crippen molar-refractivity contribution in [1.82, 2.24) is 15.8 Å². The quantitative estimate of drug-likeness (QED) is 0.707. The van der Waals surface area contributed by atoms with Crippen molar-refractivity contribution in [3.05, 3.63) is 65.7 Å². The Hall–Kier alpha value is -2.86. The topological polar surface area (TPSA) is 70.7 Å². The molecule has 1 atom stereocenters. The molecule has 0 radical (unpaired) electrons. The lowest BCUT2D eigenvalue weighted by molar-refractivity contribution is -0.133. The maximum Gasteiger partial charge on any atom is 0.276 e. The fraction of sp³-hybridized carbons (Fsp3) is 0.391. The lowest BCUT2D eigenvalue weighted by atomic mass is 9.97. The number of hydrazine groups is 1. The van der Waals surface area contributed by atoms with E-state index >= 15 is 0 Å². The van der Waals surface area contributed by atoms with Crippen LogP contribution in [0.2, 0.25) is 0 Å². The van der Waals surface area contributed by atoms with Crippen LogP contribution >= 0.6 is 0 Å². The summed E-state index contributed by atoms with van der Waals surface area (Å²) in [7, 11) is 0.